The third-order valence-corrected chi connectivity index (χ3v) is 15.6. The van der Waals surface area contributed by atoms with Gasteiger partial charge in [-0.3, -0.25) is 24.0 Å². The monoisotopic (exact) mass is 1040 g/mol. The van der Waals surface area contributed by atoms with Gasteiger partial charge in [-0.15, -0.1) is 0 Å². The third-order valence-electron chi connectivity index (χ3n) is 12.1. The Bertz CT molecular complexity index is 2240. The van der Waals surface area contributed by atoms with Gasteiger partial charge in [-0.2, -0.15) is 13.2 Å². The van der Waals surface area contributed by atoms with E-state index in [2.05, 4.69) is 15.0 Å². The molecule has 0 radical (unpaired) electrons. The summed E-state index contributed by atoms with van der Waals surface area (Å²) >= 11 is 36.3. The summed E-state index contributed by atoms with van der Waals surface area (Å²) in [5.74, 6) is -5.27. The molecule has 14 nitrogen and oxygen atoms in total. The molecule has 2 saturated carbocycles. The molecule has 354 valence electrons. The zero-order valence-electron chi connectivity index (χ0n) is 34.5. The number of allylic oxidation sites excluding steroid dienone is 1. The molecule has 0 spiro atoms. The molecule has 1 aromatic heterocycles. The fourth-order valence-corrected chi connectivity index (χ4v) is 12.5. The summed E-state index contributed by atoms with van der Waals surface area (Å²) < 4.78 is 79.7. The van der Waals surface area contributed by atoms with Crippen LogP contribution in [0.15, 0.2) is 42.6 Å². The maximum Gasteiger partial charge on any atom is 0.420 e. The molecule has 3 heterocycles. The predicted octanol–water partition coefficient (Wildman–Crippen LogP) is 8.26. The molecule has 4 amide bonds. The minimum absolute atomic E-state index is 0.0334. The highest BCUT2D eigenvalue weighted by molar-refractivity contribution is 7.91. The van der Waals surface area contributed by atoms with Crippen molar-refractivity contribution < 1.29 is 55.3 Å². The fraction of sp³-hybridized carbons (Fsp3) is 0.625. The first-order valence-electron chi connectivity index (χ1n) is 20.5. The number of benzene rings is 1. The number of carboxylic acid groups (broad SMARTS) is 1. The van der Waals surface area contributed by atoms with E-state index in [1.54, 1.807) is 43.3 Å². The van der Waals surface area contributed by atoms with Crippen LogP contribution in [0.3, 0.4) is 0 Å². The van der Waals surface area contributed by atoms with Gasteiger partial charge in [0.1, 0.15) is 29.5 Å². The van der Waals surface area contributed by atoms with Crippen LogP contribution in [0, 0.1) is 17.8 Å². The van der Waals surface area contributed by atoms with Crippen molar-refractivity contribution in [3.8, 4) is 11.6 Å². The Morgan fingerprint density at radius 2 is 1.72 bits per heavy atom. The van der Waals surface area contributed by atoms with Gasteiger partial charge in [0.15, 0.2) is 0 Å². The van der Waals surface area contributed by atoms with Crippen molar-refractivity contribution >= 4 is 114 Å². The first kappa shape index (κ1) is 50.5. The number of amides is 4. The summed E-state index contributed by atoms with van der Waals surface area (Å²) in [5, 5.41) is 13.8. The first-order valence-corrected chi connectivity index (χ1v) is 24.3. The summed E-state index contributed by atoms with van der Waals surface area (Å²) in [6.45, 7) is 4.88. The third kappa shape index (κ3) is 9.89. The highest BCUT2D eigenvalue weighted by atomic mass is 35.6. The van der Waals surface area contributed by atoms with Crippen molar-refractivity contribution in [3.05, 3.63) is 42.6 Å². The lowest BCUT2D eigenvalue weighted by atomic mass is 9.84. The van der Waals surface area contributed by atoms with Gasteiger partial charge < -0.3 is 24.8 Å². The van der Waals surface area contributed by atoms with Crippen LogP contribution < -0.4 is 19.5 Å². The number of fused-ring (bicyclic) bond motifs is 3. The minimum atomic E-state index is -5.99. The van der Waals surface area contributed by atoms with Crippen molar-refractivity contribution in [2.45, 2.75) is 120 Å². The molecule has 24 heteroatoms. The Morgan fingerprint density at radius 3 is 2.31 bits per heavy atom. The predicted molar refractivity (Wildman–Crippen MR) is 235 cm³/mol. The van der Waals surface area contributed by atoms with Gasteiger partial charge in [0.25, 0.3) is 5.91 Å². The number of ether oxygens (including phenoxy) is 2. The number of pyridine rings is 1. The smallest absolute Gasteiger partial charge is 0.420 e. The van der Waals surface area contributed by atoms with Crippen LogP contribution in [-0.2, 0) is 24.4 Å². The normalized spacial score (nSPS) is 27.9. The van der Waals surface area contributed by atoms with Crippen LogP contribution in [0.4, 0.5) is 18.0 Å². The summed E-state index contributed by atoms with van der Waals surface area (Å²) in [6.07, 6.45) is -3.19. The van der Waals surface area contributed by atoms with Crippen LogP contribution in [0.5, 0.6) is 11.6 Å². The standard InChI is InChI=1S/C40H46Cl6F3N5O9S/c1-4-15-62-25-9-12-28-23(17-25)13-14-50-32(28)63-26-18-29-31(55)51-36(34(57)52-64(60,61)27-10-11-27)19-24(36)8-6-5-7-21(2)16-22(3)30(33(56)53(29)20-26)54(35(58)59)37(38(41,42)43,39(44,45)46)40(47,48)49/h6,8-9,12-14,17,21-22,24,26-27,29-30H,4-5,7,10-11,15-16,18-20H2,1-3H3,(H,51,55)(H,52,57)(H,58,59)/b8-6-/t21-,22-,24-,26-,29+,30+,36-/m1/s1. The van der Waals surface area contributed by atoms with Gasteiger partial charge >= 0.3 is 12.3 Å². The van der Waals surface area contributed by atoms with Gasteiger partial charge in [0.2, 0.25) is 40.8 Å². The Labute approximate surface area is 397 Å². The van der Waals surface area contributed by atoms with Crippen molar-refractivity contribution in [2.75, 3.05) is 13.2 Å². The van der Waals surface area contributed by atoms with E-state index in [1.807, 2.05) is 6.92 Å². The Kier molecular flexibility index (Phi) is 14.7. The Hall–Kier alpha value is -2.87. The van der Waals surface area contributed by atoms with Gasteiger partial charge in [0, 0.05) is 23.9 Å². The second-order valence-corrected chi connectivity index (χ2v) is 23.4. The van der Waals surface area contributed by atoms with E-state index in [0.717, 1.165) is 11.3 Å². The molecule has 3 fully saturated rings. The SMILES string of the molecule is CCCOc1ccc2c(O[C@@H]3C[C@H]4C(=O)N[C@]5(C(=O)NS(=O)(=O)C6CC6)C[C@H]5/C=C\CC[C@@H](C)C[C@@H](C)[C@H](N(C(=O)O)C(C(F)(F)F)(C(Cl)(Cl)Cl)C(Cl)(Cl)Cl)C(=O)N4C3)nccc2c1. The molecule has 7 atom stereocenters. The average Bonchev–Trinajstić information content (AvgIpc) is 4.10. The van der Waals surface area contributed by atoms with E-state index >= 15 is 18.0 Å². The van der Waals surface area contributed by atoms with Gasteiger partial charge in [0.05, 0.1) is 18.4 Å². The minimum Gasteiger partial charge on any atom is -0.494 e. The number of aromatic nitrogens is 1. The molecule has 4 aliphatic rings. The number of hydrogen-bond acceptors (Lipinski definition) is 9. The number of sulfonamides is 1. The van der Waals surface area contributed by atoms with Crippen LogP contribution >= 0.6 is 69.6 Å². The molecule has 2 aromatic rings. The summed E-state index contributed by atoms with van der Waals surface area (Å²) in [7, 11) is -4.11. The van der Waals surface area contributed by atoms with Gasteiger partial charge in [-0.25, -0.2) is 18.2 Å². The Morgan fingerprint density at radius 1 is 1.05 bits per heavy atom. The van der Waals surface area contributed by atoms with E-state index in [9.17, 15) is 27.9 Å². The second-order valence-electron chi connectivity index (χ2n) is 16.9. The first-order chi connectivity index (χ1) is 29.7. The van der Waals surface area contributed by atoms with Crippen LogP contribution in [0.2, 0.25) is 0 Å². The molecule has 0 unspecified atom stereocenters. The highest BCUT2D eigenvalue weighted by Gasteiger charge is 2.81. The van der Waals surface area contributed by atoms with E-state index < -0.39 is 111 Å². The molecular weight excluding hydrogens is 996 g/mol. The zero-order valence-corrected chi connectivity index (χ0v) is 39.9. The largest absolute Gasteiger partial charge is 0.494 e. The number of nitrogens with zero attached hydrogens (tertiary/aromatic N) is 3. The van der Waals surface area contributed by atoms with E-state index in [4.69, 9.17) is 79.1 Å². The van der Waals surface area contributed by atoms with Gasteiger partial charge in [-0.1, -0.05) is 103 Å². The molecule has 2 aliphatic heterocycles. The summed E-state index contributed by atoms with van der Waals surface area (Å²) in [5.41, 5.74) is -6.38. The number of halogens is 9. The maximum atomic E-state index is 15.7. The molecule has 64 heavy (non-hydrogen) atoms. The Balaban J connectivity index is 1.49. The lowest BCUT2D eigenvalue weighted by Crippen LogP contribution is -2.78. The molecule has 2 aliphatic carbocycles. The zero-order chi connectivity index (χ0) is 47.4. The fourth-order valence-electron chi connectivity index (χ4n) is 8.70. The molecule has 1 saturated heterocycles. The van der Waals surface area contributed by atoms with Crippen molar-refractivity contribution in [1.82, 2.24) is 24.8 Å². The van der Waals surface area contributed by atoms with Crippen LogP contribution in [0.1, 0.15) is 72.1 Å². The topological polar surface area (TPSA) is 185 Å². The molecule has 1 aromatic carbocycles. The van der Waals surface area contributed by atoms with Crippen molar-refractivity contribution in [3.63, 3.8) is 0 Å². The molecule has 3 N–H and O–H groups in total. The highest BCUT2D eigenvalue weighted by Crippen LogP contribution is 2.62. The number of carbonyl (C=O) groups is 4. The van der Waals surface area contributed by atoms with Crippen molar-refractivity contribution in [1.29, 1.82) is 0 Å². The second kappa shape index (κ2) is 18.7. The molecule has 6 rings (SSSR count). The van der Waals surface area contributed by atoms with Crippen LogP contribution in [-0.4, -0.2) is 114 Å². The van der Waals surface area contributed by atoms with Crippen LogP contribution in [0.25, 0.3) is 10.8 Å². The number of nitrogens with one attached hydrogen (secondary N) is 2. The summed E-state index contributed by atoms with van der Waals surface area (Å²) in [4.78, 5) is 62.1. The number of alkyl halides is 9. The molecule has 0 bridgehead atoms. The number of carbonyl (C=O) groups excluding carboxylic acids is 3. The van der Waals surface area contributed by atoms with E-state index in [-0.39, 0.29) is 25.1 Å². The number of rotatable bonds is 10. The van der Waals surface area contributed by atoms with Gasteiger partial charge in [-0.05, 0) is 86.4 Å². The maximum absolute atomic E-state index is 15.7. The van der Waals surface area contributed by atoms with Crippen molar-refractivity contribution in [2.24, 2.45) is 17.8 Å². The molecular formula is C40H46Cl6F3N5O9S. The van der Waals surface area contributed by atoms with E-state index in [1.165, 1.54) is 13.1 Å². The van der Waals surface area contributed by atoms with E-state index in [0.29, 0.717) is 48.8 Å². The lowest BCUT2D eigenvalue weighted by Gasteiger charge is -2.54. The lowest BCUT2D eigenvalue weighted by molar-refractivity contribution is -0.231. The quantitative estimate of drug-likeness (QED) is 0.155. The average molecular weight is 1040 g/mol. The summed E-state index contributed by atoms with van der Waals surface area (Å²) in [6, 6.07) is 2.66. The number of hydrogen-bond donors (Lipinski definition) is 3.